The fourth-order valence-electron chi connectivity index (χ4n) is 0.559. The van der Waals surface area contributed by atoms with Crippen LogP contribution in [-0.2, 0) is 4.79 Å². The van der Waals surface area contributed by atoms with Crippen LogP contribution in [0.1, 0.15) is 13.3 Å². The Morgan fingerprint density at radius 2 is 2.33 bits per heavy atom. The van der Waals surface area contributed by atoms with Crippen LogP contribution in [0.5, 0.6) is 0 Å². The maximum Gasteiger partial charge on any atom is 0.304 e. The van der Waals surface area contributed by atoms with Gasteiger partial charge in [-0.1, -0.05) is 0 Å². The highest BCUT2D eigenvalue weighted by Gasteiger charge is 2.03. The SMILES string of the molecule is CNN[C@@H](C)CC(=O)O. The molecule has 4 heteroatoms. The van der Waals surface area contributed by atoms with Gasteiger partial charge in [-0.15, -0.1) is 0 Å². The molecule has 0 heterocycles. The van der Waals surface area contributed by atoms with E-state index in [1.807, 2.05) is 0 Å². The minimum atomic E-state index is -0.787. The highest BCUT2D eigenvalue weighted by atomic mass is 16.4. The van der Waals surface area contributed by atoms with Gasteiger partial charge in [0.25, 0.3) is 0 Å². The van der Waals surface area contributed by atoms with Crippen LogP contribution in [0.25, 0.3) is 0 Å². The predicted octanol–water partition coefficient (Wildman–Crippen LogP) is -0.426. The van der Waals surface area contributed by atoms with Gasteiger partial charge in [0, 0.05) is 6.04 Å². The third-order valence-electron chi connectivity index (χ3n) is 0.872. The molecule has 4 nitrogen and oxygen atoms in total. The molecular weight excluding hydrogens is 120 g/mol. The molecule has 0 fully saturated rings. The summed E-state index contributed by atoms with van der Waals surface area (Å²) in [4.78, 5) is 10.0. The van der Waals surface area contributed by atoms with Gasteiger partial charge in [-0.2, -0.15) is 0 Å². The number of carbonyl (C=O) groups is 1. The van der Waals surface area contributed by atoms with Crippen LogP contribution in [0.3, 0.4) is 0 Å². The molecule has 0 saturated heterocycles. The van der Waals surface area contributed by atoms with Crippen LogP contribution >= 0.6 is 0 Å². The first-order chi connectivity index (χ1) is 4.16. The second-order valence-corrected chi connectivity index (χ2v) is 1.89. The molecule has 0 amide bonds. The Bertz CT molecular complexity index is 95.0. The maximum atomic E-state index is 10.0. The molecule has 0 aromatic rings. The van der Waals surface area contributed by atoms with Crippen molar-refractivity contribution in [2.75, 3.05) is 7.05 Å². The normalized spacial score (nSPS) is 13.1. The summed E-state index contributed by atoms with van der Waals surface area (Å²) in [6.45, 7) is 1.80. The lowest BCUT2D eigenvalue weighted by Crippen LogP contribution is -2.37. The Morgan fingerprint density at radius 1 is 1.78 bits per heavy atom. The van der Waals surface area contributed by atoms with Crippen molar-refractivity contribution in [3.8, 4) is 0 Å². The number of rotatable bonds is 4. The van der Waals surface area contributed by atoms with Crippen LogP contribution in [0.4, 0.5) is 0 Å². The van der Waals surface area contributed by atoms with E-state index in [-0.39, 0.29) is 12.5 Å². The third-order valence-corrected chi connectivity index (χ3v) is 0.872. The second kappa shape index (κ2) is 4.29. The third kappa shape index (κ3) is 5.26. The van der Waals surface area contributed by atoms with E-state index in [4.69, 9.17) is 5.11 Å². The molecule has 0 rings (SSSR count). The molecule has 0 aliphatic heterocycles. The van der Waals surface area contributed by atoms with Crippen molar-refractivity contribution in [2.45, 2.75) is 19.4 Å². The van der Waals surface area contributed by atoms with Crippen LogP contribution in [0.2, 0.25) is 0 Å². The summed E-state index contributed by atoms with van der Waals surface area (Å²) in [6, 6.07) is -0.0208. The zero-order chi connectivity index (χ0) is 7.28. The average molecular weight is 132 g/mol. The number of nitrogens with one attached hydrogen (secondary N) is 2. The van der Waals surface area contributed by atoms with Gasteiger partial charge in [0.15, 0.2) is 0 Å². The topological polar surface area (TPSA) is 61.4 Å². The summed E-state index contributed by atoms with van der Waals surface area (Å²) < 4.78 is 0. The molecule has 3 N–H and O–H groups in total. The van der Waals surface area contributed by atoms with E-state index in [1.165, 1.54) is 0 Å². The van der Waals surface area contributed by atoms with Crippen molar-refractivity contribution in [2.24, 2.45) is 0 Å². The van der Waals surface area contributed by atoms with Crippen molar-refractivity contribution in [3.05, 3.63) is 0 Å². The second-order valence-electron chi connectivity index (χ2n) is 1.89. The van der Waals surface area contributed by atoms with Crippen LogP contribution in [-0.4, -0.2) is 24.2 Å². The van der Waals surface area contributed by atoms with Crippen LogP contribution in [0, 0.1) is 0 Å². The fraction of sp³-hybridized carbons (Fsp3) is 0.800. The van der Waals surface area contributed by atoms with E-state index in [1.54, 1.807) is 14.0 Å². The standard InChI is InChI=1S/C5H12N2O2/c1-4(7-6-2)3-5(8)9/h4,6-7H,3H2,1-2H3,(H,8,9)/t4-/m0/s1. The first kappa shape index (κ1) is 8.39. The summed E-state index contributed by atoms with van der Waals surface area (Å²) in [5.41, 5.74) is 5.41. The van der Waals surface area contributed by atoms with Crippen LogP contribution < -0.4 is 10.9 Å². The predicted molar refractivity (Wildman–Crippen MR) is 33.9 cm³/mol. The fourth-order valence-corrected chi connectivity index (χ4v) is 0.559. The molecule has 9 heavy (non-hydrogen) atoms. The largest absolute Gasteiger partial charge is 0.481 e. The van der Waals surface area contributed by atoms with E-state index < -0.39 is 5.97 Å². The number of carboxylic acids is 1. The Kier molecular flexibility index (Phi) is 4.00. The van der Waals surface area contributed by atoms with Crippen molar-refractivity contribution in [1.82, 2.24) is 10.9 Å². The zero-order valence-electron chi connectivity index (χ0n) is 5.64. The highest BCUT2D eigenvalue weighted by molar-refractivity contribution is 5.67. The first-order valence-corrected chi connectivity index (χ1v) is 2.81. The maximum absolute atomic E-state index is 10.0. The van der Waals surface area contributed by atoms with Gasteiger partial charge in [-0.05, 0) is 14.0 Å². The Hall–Kier alpha value is -0.610. The van der Waals surface area contributed by atoms with Gasteiger partial charge in [-0.3, -0.25) is 15.6 Å². The lowest BCUT2D eigenvalue weighted by atomic mass is 10.2. The minimum absolute atomic E-state index is 0.0208. The molecule has 0 aliphatic carbocycles. The Balaban J connectivity index is 3.26. The van der Waals surface area contributed by atoms with Crippen LogP contribution in [0.15, 0.2) is 0 Å². The number of hydrogen-bond donors (Lipinski definition) is 3. The van der Waals surface area contributed by atoms with Gasteiger partial charge in [0.2, 0.25) is 0 Å². The molecule has 0 saturated carbocycles. The molecule has 0 aromatic heterocycles. The minimum Gasteiger partial charge on any atom is -0.481 e. The van der Waals surface area contributed by atoms with E-state index in [9.17, 15) is 4.79 Å². The van der Waals surface area contributed by atoms with Gasteiger partial charge in [-0.25, -0.2) is 0 Å². The number of aliphatic carboxylic acids is 1. The van der Waals surface area contributed by atoms with E-state index in [2.05, 4.69) is 10.9 Å². The summed E-state index contributed by atoms with van der Waals surface area (Å²) in [7, 11) is 1.71. The van der Waals surface area contributed by atoms with Crippen molar-refractivity contribution in [3.63, 3.8) is 0 Å². The Morgan fingerprint density at radius 3 is 2.67 bits per heavy atom. The average Bonchev–Trinajstić information content (AvgIpc) is 1.63. The molecule has 0 aliphatic rings. The highest BCUT2D eigenvalue weighted by Crippen LogP contribution is 1.86. The molecule has 0 spiro atoms. The summed E-state index contributed by atoms with van der Waals surface area (Å²) >= 11 is 0. The van der Waals surface area contributed by atoms with Crippen molar-refractivity contribution in [1.29, 1.82) is 0 Å². The molecular formula is C5H12N2O2. The van der Waals surface area contributed by atoms with Crippen molar-refractivity contribution < 1.29 is 9.90 Å². The van der Waals surface area contributed by atoms with Gasteiger partial charge in [0.1, 0.15) is 0 Å². The summed E-state index contributed by atoms with van der Waals surface area (Å²) in [6.07, 6.45) is 0.140. The van der Waals surface area contributed by atoms with Gasteiger partial charge >= 0.3 is 5.97 Å². The van der Waals surface area contributed by atoms with E-state index in [0.29, 0.717) is 0 Å². The lowest BCUT2D eigenvalue weighted by Gasteiger charge is -2.08. The smallest absolute Gasteiger partial charge is 0.304 e. The molecule has 1 atom stereocenters. The molecule has 0 radical (unpaired) electrons. The van der Waals surface area contributed by atoms with E-state index >= 15 is 0 Å². The Labute approximate surface area is 54.2 Å². The quantitative estimate of drug-likeness (QED) is 0.454. The monoisotopic (exact) mass is 132 g/mol. The lowest BCUT2D eigenvalue weighted by molar-refractivity contribution is -0.137. The van der Waals surface area contributed by atoms with Crippen molar-refractivity contribution >= 4 is 5.97 Å². The molecule has 0 bridgehead atoms. The number of hydrazine groups is 1. The molecule has 54 valence electrons. The van der Waals surface area contributed by atoms with Gasteiger partial charge in [0.05, 0.1) is 6.42 Å². The zero-order valence-corrected chi connectivity index (χ0v) is 5.64. The summed E-state index contributed by atoms with van der Waals surface area (Å²) in [5, 5.41) is 8.24. The first-order valence-electron chi connectivity index (χ1n) is 2.81. The summed E-state index contributed by atoms with van der Waals surface area (Å²) in [5.74, 6) is -0.787. The number of hydrogen-bond acceptors (Lipinski definition) is 3. The van der Waals surface area contributed by atoms with Gasteiger partial charge < -0.3 is 5.11 Å². The molecule has 0 aromatic carbocycles. The number of carboxylic acid groups (broad SMARTS) is 1. The van der Waals surface area contributed by atoms with E-state index in [0.717, 1.165) is 0 Å². The molecule has 0 unspecified atom stereocenters.